The molecule has 1 heterocycles. The predicted octanol–water partition coefficient (Wildman–Crippen LogP) is 5.56. The van der Waals surface area contributed by atoms with E-state index in [1.54, 1.807) is 45.0 Å². The van der Waals surface area contributed by atoms with Crippen molar-refractivity contribution in [2.45, 2.75) is 33.0 Å². The lowest BCUT2D eigenvalue weighted by Crippen LogP contribution is -2.48. The average molecular weight is 469 g/mol. The topological polar surface area (TPSA) is 90.1 Å². The Labute approximate surface area is 194 Å². The maximum absolute atomic E-state index is 13.3. The van der Waals surface area contributed by atoms with Gasteiger partial charge in [-0.3, -0.25) is 4.90 Å². The molecule has 0 aliphatic carbocycles. The molecular formula is C24H22F3N5O2. The first-order valence-corrected chi connectivity index (χ1v) is 10.2. The van der Waals surface area contributed by atoms with Crippen LogP contribution in [0.15, 0.2) is 69.9 Å². The Morgan fingerprint density at radius 3 is 2.44 bits per heavy atom. The van der Waals surface area contributed by atoms with Crippen LogP contribution in [0.3, 0.4) is 0 Å². The summed E-state index contributed by atoms with van der Waals surface area (Å²) >= 11 is 0. The van der Waals surface area contributed by atoms with E-state index in [4.69, 9.17) is 10.1 Å². The van der Waals surface area contributed by atoms with E-state index in [9.17, 15) is 18.0 Å². The van der Waals surface area contributed by atoms with E-state index < -0.39 is 23.8 Å². The molecule has 34 heavy (non-hydrogen) atoms. The van der Waals surface area contributed by atoms with Crippen LogP contribution in [0.4, 0.5) is 23.7 Å². The van der Waals surface area contributed by atoms with Crippen LogP contribution in [0.25, 0.3) is 0 Å². The van der Waals surface area contributed by atoms with E-state index in [1.807, 2.05) is 6.07 Å². The highest BCUT2D eigenvalue weighted by Gasteiger charge is 2.36. The number of amidine groups is 1. The molecule has 0 aromatic heterocycles. The third-order valence-corrected chi connectivity index (χ3v) is 5.23. The summed E-state index contributed by atoms with van der Waals surface area (Å²) in [5.41, 5.74) is 1.80. The molecule has 0 fully saturated rings. The summed E-state index contributed by atoms with van der Waals surface area (Å²) in [5, 5.41) is 15.7. The van der Waals surface area contributed by atoms with Gasteiger partial charge < -0.3 is 10.2 Å². The van der Waals surface area contributed by atoms with Gasteiger partial charge in [-0.15, -0.1) is 0 Å². The second-order valence-corrected chi connectivity index (χ2v) is 7.52. The number of halogens is 3. The van der Waals surface area contributed by atoms with Crippen molar-refractivity contribution in [3.8, 4) is 6.07 Å². The number of amides is 2. The summed E-state index contributed by atoms with van der Waals surface area (Å²) in [5.74, 6) is 0.321. The zero-order valence-electron chi connectivity index (χ0n) is 18.9. The molecule has 0 spiro atoms. The van der Waals surface area contributed by atoms with Crippen molar-refractivity contribution in [3.63, 3.8) is 0 Å². The number of nitriles is 1. The molecule has 2 aromatic rings. The Kier molecular flexibility index (Phi) is 7.05. The van der Waals surface area contributed by atoms with Gasteiger partial charge in [0, 0.05) is 17.0 Å². The molecule has 1 aliphatic rings. The molecule has 0 radical (unpaired) electrons. The number of allylic oxidation sites excluding steroid dienone is 1. The third-order valence-electron chi connectivity index (χ3n) is 5.23. The minimum Gasteiger partial charge on any atom is -0.398 e. The van der Waals surface area contributed by atoms with Crippen LogP contribution in [-0.4, -0.2) is 24.7 Å². The van der Waals surface area contributed by atoms with Crippen molar-refractivity contribution < 1.29 is 22.8 Å². The van der Waals surface area contributed by atoms with Gasteiger partial charge in [0.05, 0.1) is 28.9 Å². The van der Waals surface area contributed by atoms with Crippen LogP contribution in [0, 0.1) is 11.3 Å². The molecule has 10 heteroatoms. The Morgan fingerprint density at radius 1 is 1.18 bits per heavy atom. The number of carbonyl (C=O) groups excluding carboxylic acids is 1. The first-order chi connectivity index (χ1) is 16.1. The zero-order valence-corrected chi connectivity index (χ0v) is 18.9. The Bertz CT molecular complexity index is 1220. The van der Waals surface area contributed by atoms with Crippen molar-refractivity contribution in [1.82, 2.24) is 5.32 Å². The maximum atomic E-state index is 13.3. The van der Waals surface area contributed by atoms with E-state index >= 15 is 0 Å². The number of nitrogens with one attached hydrogen (secondary N) is 1. The summed E-state index contributed by atoms with van der Waals surface area (Å²) in [6.45, 7) is 4.99. The number of urea groups is 1. The number of aliphatic imine (C=N–C) groups is 1. The van der Waals surface area contributed by atoms with Crippen molar-refractivity contribution in [2.75, 3.05) is 12.0 Å². The van der Waals surface area contributed by atoms with E-state index in [1.165, 1.54) is 24.1 Å². The van der Waals surface area contributed by atoms with Crippen molar-refractivity contribution in [3.05, 3.63) is 76.5 Å². The van der Waals surface area contributed by atoms with E-state index in [0.29, 0.717) is 33.9 Å². The molecule has 2 amide bonds. The fourth-order valence-electron chi connectivity index (χ4n) is 3.80. The van der Waals surface area contributed by atoms with Crippen LogP contribution in [0.5, 0.6) is 0 Å². The Hall–Kier alpha value is -4.13. The van der Waals surface area contributed by atoms with Crippen LogP contribution in [0.2, 0.25) is 0 Å². The van der Waals surface area contributed by atoms with Crippen LogP contribution in [0.1, 0.15) is 43.5 Å². The fraction of sp³-hybridized carbons (Fsp3) is 0.250. The minimum atomic E-state index is -4.56. The first-order valence-electron chi connectivity index (χ1n) is 10.2. The van der Waals surface area contributed by atoms with Gasteiger partial charge >= 0.3 is 12.2 Å². The highest BCUT2D eigenvalue weighted by molar-refractivity contribution is 6.10. The molecule has 0 saturated heterocycles. The van der Waals surface area contributed by atoms with Gasteiger partial charge in [-0.05, 0) is 56.7 Å². The standard InChI is InChI=1S/C24H22F3N5O2/c1-14(29-16(3)31-34-4)21-15(2)32(20-7-5-6-19(12-20)24(25,26)27)23(33)30-22(21)18-10-8-17(13-28)9-11-18/h5-12,22H,1-4H3,(H,30,33)/b29-14+,31-16-. The monoisotopic (exact) mass is 469 g/mol. The number of hydrogen-bond acceptors (Lipinski definition) is 4. The molecule has 0 saturated carbocycles. The SMILES string of the molecule is CO/N=C(C)\N=C(/C)C1=C(C)N(c2cccc(C(F)(F)F)c2)C(=O)NC1c1ccc(C#N)cc1. The number of oxime groups is 1. The Balaban J connectivity index is 2.20. The van der Waals surface area contributed by atoms with Crippen LogP contribution < -0.4 is 10.2 Å². The normalized spacial score (nSPS) is 17.4. The number of anilines is 1. The fourth-order valence-corrected chi connectivity index (χ4v) is 3.80. The van der Waals surface area contributed by atoms with Crippen LogP contribution >= 0.6 is 0 Å². The molecule has 1 N–H and O–H groups in total. The molecule has 0 bridgehead atoms. The summed E-state index contributed by atoms with van der Waals surface area (Å²) in [7, 11) is 1.38. The average Bonchev–Trinajstić information content (AvgIpc) is 2.78. The first kappa shape index (κ1) is 24.5. The van der Waals surface area contributed by atoms with Gasteiger partial charge in [-0.1, -0.05) is 23.4 Å². The lowest BCUT2D eigenvalue weighted by Gasteiger charge is -2.36. The number of alkyl halides is 3. The van der Waals surface area contributed by atoms with Crippen molar-refractivity contribution >= 4 is 23.3 Å². The molecule has 2 aromatic carbocycles. The molecule has 3 rings (SSSR count). The van der Waals surface area contributed by atoms with Gasteiger partial charge in [0.2, 0.25) is 0 Å². The highest BCUT2D eigenvalue weighted by Crippen LogP contribution is 2.37. The third kappa shape index (κ3) is 5.09. The lowest BCUT2D eigenvalue weighted by molar-refractivity contribution is -0.137. The Morgan fingerprint density at radius 2 is 1.85 bits per heavy atom. The molecule has 7 nitrogen and oxygen atoms in total. The quantitative estimate of drug-likeness (QED) is 0.361. The summed E-state index contributed by atoms with van der Waals surface area (Å²) in [6, 6.07) is 12.0. The van der Waals surface area contributed by atoms with Gasteiger partial charge in [0.1, 0.15) is 7.11 Å². The minimum absolute atomic E-state index is 0.0654. The van der Waals surface area contributed by atoms with Gasteiger partial charge in [0.25, 0.3) is 0 Å². The summed E-state index contributed by atoms with van der Waals surface area (Å²) < 4.78 is 39.9. The van der Waals surface area contributed by atoms with E-state index in [0.717, 1.165) is 12.1 Å². The number of nitrogens with zero attached hydrogens (tertiary/aromatic N) is 4. The smallest absolute Gasteiger partial charge is 0.398 e. The molecule has 176 valence electrons. The highest BCUT2D eigenvalue weighted by atomic mass is 19.4. The molecular weight excluding hydrogens is 447 g/mol. The van der Waals surface area contributed by atoms with Gasteiger partial charge in [-0.2, -0.15) is 18.4 Å². The number of carbonyl (C=O) groups is 1. The molecule has 1 unspecified atom stereocenters. The maximum Gasteiger partial charge on any atom is 0.416 e. The zero-order chi connectivity index (χ0) is 25.0. The number of rotatable bonds is 4. The van der Waals surface area contributed by atoms with Gasteiger partial charge in [0.15, 0.2) is 5.84 Å². The number of hydrogen-bond donors (Lipinski definition) is 1. The predicted molar refractivity (Wildman–Crippen MR) is 122 cm³/mol. The van der Waals surface area contributed by atoms with Crippen molar-refractivity contribution in [2.24, 2.45) is 10.1 Å². The van der Waals surface area contributed by atoms with Gasteiger partial charge in [-0.25, -0.2) is 9.79 Å². The largest absolute Gasteiger partial charge is 0.416 e. The molecule has 1 aliphatic heterocycles. The van der Waals surface area contributed by atoms with E-state index in [-0.39, 0.29) is 5.69 Å². The van der Waals surface area contributed by atoms with Crippen LogP contribution in [-0.2, 0) is 11.0 Å². The second kappa shape index (κ2) is 9.79. The summed E-state index contributed by atoms with van der Waals surface area (Å²) in [6.07, 6.45) is -4.56. The second-order valence-electron chi connectivity index (χ2n) is 7.52. The lowest BCUT2D eigenvalue weighted by atomic mass is 9.91. The summed E-state index contributed by atoms with van der Waals surface area (Å²) in [4.78, 5) is 23.5. The number of benzene rings is 2. The molecule has 1 atom stereocenters. The van der Waals surface area contributed by atoms with Crippen molar-refractivity contribution in [1.29, 1.82) is 5.26 Å². The van der Waals surface area contributed by atoms with E-state index in [2.05, 4.69) is 15.5 Å².